The van der Waals surface area contributed by atoms with E-state index in [0.29, 0.717) is 0 Å². The molecule has 2 rings (SSSR count). The third-order valence-corrected chi connectivity index (χ3v) is 6.09. The minimum atomic E-state index is -1.34. The van der Waals surface area contributed by atoms with Gasteiger partial charge in [-0.25, -0.2) is 0 Å². The van der Waals surface area contributed by atoms with Crippen LogP contribution in [0, 0.1) is 0 Å². The second-order valence-electron chi connectivity index (χ2n) is 5.61. The van der Waals surface area contributed by atoms with E-state index in [1.165, 1.54) is 5.56 Å². The van der Waals surface area contributed by atoms with E-state index in [4.69, 9.17) is 0 Å². The van der Waals surface area contributed by atoms with Crippen LogP contribution in [0.25, 0.3) is 0 Å². The Kier molecular flexibility index (Phi) is 3.35. The van der Waals surface area contributed by atoms with Crippen molar-refractivity contribution in [2.24, 2.45) is 0 Å². The molecule has 1 atom stereocenters. The summed E-state index contributed by atoms with van der Waals surface area (Å²) in [4.78, 5) is 13.4. The molecule has 1 aromatic rings. The number of carboxylic acids is 1. The van der Waals surface area contributed by atoms with E-state index in [0.717, 1.165) is 18.8 Å². The molecular formula is C13H19NO2Si. The van der Waals surface area contributed by atoms with Gasteiger partial charge in [0, 0.05) is 6.54 Å². The maximum atomic E-state index is 11.3. The predicted octanol–water partition coefficient (Wildman–Crippen LogP) is 2.20. The van der Waals surface area contributed by atoms with Crippen molar-refractivity contribution in [1.82, 2.24) is 4.90 Å². The van der Waals surface area contributed by atoms with Crippen LogP contribution in [0.15, 0.2) is 30.3 Å². The van der Waals surface area contributed by atoms with Crippen molar-refractivity contribution in [2.75, 3.05) is 6.17 Å². The van der Waals surface area contributed by atoms with Gasteiger partial charge in [0.05, 0.1) is 8.07 Å². The highest BCUT2D eigenvalue weighted by Gasteiger charge is 2.42. The Morgan fingerprint density at radius 1 is 1.41 bits per heavy atom. The van der Waals surface area contributed by atoms with E-state index >= 15 is 0 Å². The lowest BCUT2D eigenvalue weighted by molar-refractivity contribution is -0.141. The quantitative estimate of drug-likeness (QED) is 0.835. The monoisotopic (exact) mass is 249 g/mol. The Morgan fingerprint density at radius 3 is 2.65 bits per heavy atom. The minimum absolute atomic E-state index is 0.281. The highest BCUT2D eigenvalue weighted by atomic mass is 28.3. The van der Waals surface area contributed by atoms with Gasteiger partial charge < -0.3 is 5.11 Å². The van der Waals surface area contributed by atoms with Crippen LogP contribution < -0.4 is 0 Å². The number of hydrogen-bond donors (Lipinski definition) is 1. The number of hydrogen-bond acceptors (Lipinski definition) is 2. The summed E-state index contributed by atoms with van der Waals surface area (Å²) in [6, 6.07) is 10.7. The Hall–Kier alpha value is -1.13. The van der Waals surface area contributed by atoms with Gasteiger partial charge in [-0.3, -0.25) is 9.69 Å². The molecule has 0 aliphatic carbocycles. The van der Waals surface area contributed by atoms with Gasteiger partial charge in [-0.2, -0.15) is 0 Å². The van der Waals surface area contributed by atoms with E-state index in [2.05, 4.69) is 30.1 Å². The van der Waals surface area contributed by atoms with Gasteiger partial charge in [0.25, 0.3) is 0 Å². The molecule has 1 aromatic carbocycles. The largest absolute Gasteiger partial charge is 0.480 e. The molecule has 0 spiro atoms. The SMILES string of the molecule is C[Si]1(C)CC(C(=O)O)N(Cc2ccccc2)C1. The lowest BCUT2D eigenvalue weighted by Crippen LogP contribution is -2.35. The summed E-state index contributed by atoms with van der Waals surface area (Å²) in [6.07, 6.45) is 0.985. The first-order chi connectivity index (χ1) is 7.98. The number of benzene rings is 1. The maximum Gasteiger partial charge on any atom is 0.320 e. The fraction of sp³-hybridized carbons (Fsp3) is 0.462. The van der Waals surface area contributed by atoms with E-state index in [9.17, 15) is 9.90 Å². The molecule has 4 heteroatoms. The second-order valence-corrected chi connectivity index (χ2v) is 10.7. The smallest absolute Gasteiger partial charge is 0.320 e. The first kappa shape index (κ1) is 12.3. The van der Waals surface area contributed by atoms with Crippen LogP contribution in [-0.4, -0.2) is 36.3 Å². The summed E-state index contributed by atoms with van der Waals surface area (Å²) < 4.78 is 0. The Labute approximate surface area is 103 Å². The summed E-state index contributed by atoms with van der Waals surface area (Å²) in [6.45, 7) is 5.30. The maximum absolute atomic E-state index is 11.3. The zero-order valence-corrected chi connectivity index (χ0v) is 11.4. The first-order valence-corrected chi connectivity index (χ1v) is 9.40. The van der Waals surface area contributed by atoms with Gasteiger partial charge in [-0.15, -0.1) is 0 Å². The molecule has 0 aromatic heterocycles. The number of aliphatic carboxylic acids is 1. The molecule has 92 valence electrons. The molecule has 1 aliphatic heterocycles. The Bertz CT molecular complexity index is 405. The van der Waals surface area contributed by atoms with Crippen molar-refractivity contribution in [3.8, 4) is 0 Å². The van der Waals surface area contributed by atoms with Crippen molar-refractivity contribution < 1.29 is 9.90 Å². The van der Waals surface area contributed by atoms with Crippen LogP contribution in [0.4, 0.5) is 0 Å². The van der Waals surface area contributed by atoms with Crippen LogP contribution in [0.3, 0.4) is 0 Å². The molecule has 1 unspecified atom stereocenters. The van der Waals surface area contributed by atoms with Gasteiger partial charge in [-0.05, 0) is 17.8 Å². The number of rotatable bonds is 3. The normalized spacial score (nSPS) is 23.8. The third kappa shape index (κ3) is 2.95. The standard InChI is InChI=1S/C13H19NO2Si/c1-17(2)9-12(13(15)16)14(10-17)8-11-6-4-3-5-7-11/h3-7,12H,8-10H2,1-2H3,(H,15,16). The summed E-state index contributed by atoms with van der Waals surface area (Å²) in [7, 11) is -1.34. The van der Waals surface area contributed by atoms with Crippen LogP contribution in [0.5, 0.6) is 0 Å². The molecule has 1 N–H and O–H groups in total. The minimum Gasteiger partial charge on any atom is -0.480 e. The van der Waals surface area contributed by atoms with Crippen LogP contribution >= 0.6 is 0 Å². The lowest BCUT2D eigenvalue weighted by Gasteiger charge is -2.21. The van der Waals surface area contributed by atoms with Gasteiger partial charge >= 0.3 is 5.97 Å². The summed E-state index contributed by atoms with van der Waals surface area (Å²) in [5, 5.41) is 9.27. The van der Waals surface area contributed by atoms with Gasteiger partial charge in [0.15, 0.2) is 0 Å². The highest BCUT2D eigenvalue weighted by molar-refractivity contribution is 6.78. The van der Waals surface area contributed by atoms with Crippen molar-refractivity contribution in [3.63, 3.8) is 0 Å². The van der Waals surface area contributed by atoms with Gasteiger partial charge in [0.1, 0.15) is 6.04 Å². The third-order valence-electron chi connectivity index (χ3n) is 3.33. The average Bonchev–Trinajstić information content (AvgIpc) is 2.55. The van der Waals surface area contributed by atoms with Crippen molar-refractivity contribution in [1.29, 1.82) is 0 Å². The zero-order valence-electron chi connectivity index (χ0n) is 10.4. The summed E-state index contributed by atoms with van der Waals surface area (Å²) in [5.74, 6) is -0.668. The topological polar surface area (TPSA) is 40.5 Å². The Morgan fingerprint density at radius 2 is 2.06 bits per heavy atom. The highest BCUT2D eigenvalue weighted by Crippen LogP contribution is 2.28. The van der Waals surface area contributed by atoms with Crippen molar-refractivity contribution in [2.45, 2.75) is 31.7 Å². The fourth-order valence-electron chi connectivity index (χ4n) is 2.60. The molecule has 0 saturated carbocycles. The van der Waals surface area contributed by atoms with Gasteiger partial charge in [-0.1, -0.05) is 43.4 Å². The molecule has 0 amide bonds. The molecule has 0 radical (unpaired) electrons. The molecule has 1 heterocycles. The van der Waals surface area contributed by atoms with E-state index in [1.807, 2.05) is 18.2 Å². The molecular weight excluding hydrogens is 230 g/mol. The Balaban J connectivity index is 2.12. The lowest BCUT2D eigenvalue weighted by atomic mass is 10.2. The number of nitrogens with zero attached hydrogens (tertiary/aromatic N) is 1. The molecule has 17 heavy (non-hydrogen) atoms. The van der Waals surface area contributed by atoms with Crippen LogP contribution in [-0.2, 0) is 11.3 Å². The van der Waals surface area contributed by atoms with Crippen LogP contribution in [0.1, 0.15) is 5.56 Å². The summed E-state index contributed by atoms with van der Waals surface area (Å²) in [5.41, 5.74) is 1.20. The second kappa shape index (κ2) is 4.62. The molecule has 3 nitrogen and oxygen atoms in total. The molecule has 0 bridgehead atoms. The van der Waals surface area contributed by atoms with Crippen LogP contribution in [0.2, 0.25) is 19.1 Å². The van der Waals surface area contributed by atoms with Gasteiger partial charge in [0.2, 0.25) is 0 Å². The molecule has 1 saturated heterocycles. The summed E-state index contributed by atoms with van der Waals surface area (Å²) >= 11 is 0. The molecule has 1 aliphatic rings. The predicted molar refractivity (Wildman–Crippen MR) is 70.6 cm³/mol. The number of carboxylic acid groups (broad SMARTS) is 1. The van der Waals surface area contributed by atoms with E-state index in [-0.39, 0.29) is 6.04 Å². The van der Waals surface area contributed by atoms with Crippen molar-refractivity contribution in [3.05, 3.63) is 35.9 Å². The van der Waals surface area contributed by atoms with E-state index < -0.39 is 14.0 Å². The van der Waals surface area contributed by atoms with Crippen molar-refractivity contribution >= 4 is 14.0 Å². The molecule has 1 fully saturated rings. The zero-order chi connectivity index (χ0) is 12.5. The number of carbonyl (C=O) groups is 1. The average molecular weight is 249 g/mol. The fourth-order valence-corrected chi connectivity index (χ4v) is 5.65. The first-order valence-electron chi connectivity index (χ1n) is 5.99. The van der Waals surface area contributed by atoms with E-state index in [1.54, 1.807) is 0 Å².